The zero-order valence-electron chi connectivity index (χ0n) is 21.1. The van der Waals surface area contributed by atoms with Gasteiger partial charge in [-0.25, -0.2) is 15.0 Å². The maximum Gasteiger partial charge on any atom is 0.435 e. The number of aromatic nitrogens is 4. The lowest BCUT2D eigenvalue weighted by Gasteiger charge is -2.34. The lowest BCUT2D eigenvalue weighted by atomic mass is 10.0. The van der Waals surface area contributed by atoms with Crippen LogP contribution in [0.15, 0.2) is 67.6 Å². The zero-order valence-corrected chi connectivity index (χ0v) is 21.1. The molecule has 0 radical (unpaired) electrons. The Hall–Kier alpha value is -4.54. The second kappa shape index (κ2) is 10.3. The average molecular weight is 535 g/mol. The smallest absolute Gasteiger partial charge is 0.329 e. The molecule has 1 aliphatic rings. The minimum atomic E-state index is -4.74. The first-order valence-corrected chi connectivity index (χ1v) is 12.4. The molecule has 1 N–H and O–H groups in total. The topological polar surface area (TPSA) is 92.5 Å². The van der Waals surface area contributed by atoms with Crippen molar-refractivity contribution in [3.63, 3.8) is 0 Å². The average Bonchev–Trinajstić information content (AvgIpc) is 3.32. The van der Waals surface area contributed by atoms with Gasteiger partial charge in [-0.1, -0.05) is 18.7 Å². The van der Waals surface area contributed by atoms with Gasteiger partial charge in [0.1, 0.15) is 17.2 Å². The number of carbonyl (C=O) groups is 2. The number of rotatable bonds is 5. The Balaban J connectivity index is 1.58. The Morgan fingerprint density at radius 2 is 1.87 bits per heavy atom. The lowest BCUT2D eigenvalue weighted by Crippen LogP contribution is -2.38. The summed E-state index contributed by atoms with van der Waals surface area (Å²) in [5, 5.41) is 2.71. The van der Waals surface area contributed by atoms with Crippen LogP contribution in [-0.2, 0) is 11.0 Å². The predicted molar refractivity (Wildman–Crippen MR) is 139 cm³/mol. The van der Waals surface area contributed by atoms with Crippen LogP contribution in [0.25, 0.3) is 16.8 Å². The highest BCUT2D eigenvalue weighted by Gasteiger charge is 2.39. The fourth-order valence-electron chi connectivity index (χ4n) is 4.86. The number of aryl methyl sites for hydroxylation is 1. The molecule has 2 amide bonds. The van der Waals surface area contributed by atoms with E-state index in [2.05, 4.69) is 26.8 Å². The SMILES string of the molecule is C=CC(=O)N1CCCC[C@H]1c1nc(-c2ccc(C(=O)Nc3cc(C)ccn3)cc2)c2c(C(F)(F)F)nccn12. The number of piperidine rings is 1. The van der Waals surface area contributed by atoms with Crippen LogP contribution in [-0.4, -0.2) is 42.6 Å². The van der Waals surface area contributed by atoms with Crippen molar-refractivity contribution in [1.29, 1.82) is 0 Å². The molecule has 11 heteroatoms. The van der Waals surface area contributed by atoms with Crippen LogP contribution in [0, 0.1) is 6.92 Å². The number of imidazole rings is 1. The Morgan fingerprint density at radius 1 is 1.10 bits per heavy atom. The molecule has 1 fully saturated rings. The molecule has 0 aliphatic carbocycles. The number of benzene rings is 1. The highest BCUT2D eigenvalue weighted by Crippen LogP contribution is 2.39. The van der Waals surface area contributed by atoms with Gasteiger partial charge >= 0.3 is 6.18 Å². The minimum absolute atomic E-state index is 0.0642. The molecule has 1 aromatic carbocycles. The van der Waals surface area contributed by atoms with E-state index in [1.54, 1.807) is 35.4 Å². The van der Waals surface area contributed by atoms with Gasteiger partial charge in [-0.15, -0.1) is 0 Å². The molecule has 39 heavy (non-hydrogen) atoms. The van der Waals surface area contributed by atoms with E-state index >= 15 is 0 Å². The molecule has 8 nitrogen and oxygen atoms in total. The molecule has 4 heterocycles. The number of hydrogen-bond acceptors (Lipinski definition) is 5. The number of amides is 2. The molecule has 5 rings (SSSR count). The van der Waals surface area contributed by atoms with Gasteiger partial charge in [0.05, 0.1) is 11.7 Å². The molecule has 0 bridgehead atoms. The molecule has 1 aliphatic heterocycles. The first-order valence-electron chi connectivity index (χ1n) is 12.4. The number of alkyl halides is 3. The van der Waals surface area contributed by atoms with Gasteiger partial charge in [-0.05, 0) is 62.1 Å². The van der Waals surface area contributed by atoms with Gasteiger partial charge in [0.2, 0.25) is 5.91 Å². The zero-order chi connectivity index (χ0) is 27.7. The maximum absolute atomic E-state index is 14.1. The van der Waals surface area contributed by atoms with Crippen LogP contribution in [0.4, 0.5) is 19.0 Å². The molecular weight excluding hydrogens is 509 g/mol. The standard InChI is InChI=1S/C28H25F3N6O2/c1-3-22(38)36-14-5-4-6-20(36)26-35-23(24-25(28(29,30)31)33-13-15-37(24)26)18-7-9-19(10-8-18)27(39)34-21-16-17(2)11-12-32-21/h3,7-13,15-16,20H,1,4-6,14H2,2H3,(H,32,34,39)/t20-/m0/s1. The first kappa shape index (κ1) is 26.1. The monoisotopic (exact) mass is 534 g/mol. The predicted octanol–water partition coefficient (Wildman–Crippen LogP) is 5.61. The van der Waals surface area contributed by atoms with E-state index in [-0.39, 0.29) is 17.1 Å². The lowest BCUT2D eigenvalue weighted by molar-refractivity contribution is -0.140. The fourth-order valence-corrected chi connectivity index (χ4v) is 4.86. The molecule has 1 saturated heterocycles. The molecule has 1 atom stereocenters. The quantitative estimate of drug-likeness (QED) is 0.336. The van der Waals surface area contributed by atoms with Crippen molar-refractivity contribution in [2.45, 2.75) is 38.4 Å². The Kier molecular flexibility index (Phi) is 6.90. The highest BCUT2D eigenvalue weighted by molar-refractivity contribution is 6.04. The molecular formula is C28H25F3N6O2. The third-order valence-corrected chi connectivity index (χ3v) is 6.69. The summed E-state index contributed by atoms with van der Waals surface area (Å²) >= 11 is 0. The van der Waals surface area contributed by atoms with Gasteiger partial charge < -0.3 is 10.2 Å². The maximum atomic E-state index is 14.1. The molecule has 4 aromatic rings. The van der Waals surface area contributed by atoms with Crippen molar-refractivity contribution in [1.82, 2.24) is 24.3 Å². The number of anilines is 1. The van der Waals surface area contributed by atoms with Crippen molar-refractivity contribution >= 4 is 23.1 Å². The van der Waals surface area contributed by atoms with Crippen LogP contribution in [0.2, 0.25) is 0 Å². The number of hydrogen-bond donors (Lipinski definition) is 1. The summed E-state index contributed by atoms with van der Waals surface area (Å²) in [5.41, 5.74) is 0.379. The van der Waals surface area contributed by atoms with E-state index in [1.807, 2.05) is 6.92 Å². The van der Waals surface area contributed by atoms with Crippen LogP contribution in [0.1, 0.15) is 52.7 Å². The molecule has 0 saturated carbocycles. The second-order valence-corrected chi connectivity index (χ2v) is 9.31. The Labute approximate surface area is 222 Å². The molecule has 0 unspecified atom stereocenters. The van der Waals surface area contributed by atoms with E-state index in [1.165, 1.54) is 28.8 Å². The number of halogens is 3. The van der Waals surface area contributed by atoms with Gasteiger partial charge in [0.25, 0.3) is 5.91 Å². The summed E-state index contributed by atoms with van der Waals surface area (Å²) in [6, 6.07) is 9.13. The van der Waals surface area contributed by atoms with Gasteiger partial charge in [-0.2, -0.15) is 13.2 Å². The molecule has 0 spiro atoms. The second-order valence-electron chi connectivity index (χ2n) is 9.31. The van der Waals surface area contributed by atoms with E-state index < -0.39 is 23.8 Å². The van der Waals surface area contributed by atoms with E-state index in [0.29, 0.717) is 35.7 Å². The molecule has 3 aromatic heterocycles. The largest absolute Gasteiger partial charge is 0.435 e. The Morgan fingerprint density at radius 3 is 2.56 bits per heavy atom. The minimum Gasteiger partial charge on any atom is -0.329 e. The van der Waals surface area contributed by atoms with Crippen molar-refractivity contribution in [2.75, 3.05) is 11.9 Å². The van der Waals surface area contributed by atoms with Crippen molar-refractivity contribution in [3.8, 4) is 11.3 Å². The number of likely N-dealkylation sites (tertiary alicyclic amines) is 1. The first-order chi connectivity index (χ1) is 18.7. The Bertz CT molecular complexity index is 1560. The number of nitrogens with zero attached hydrogens (tertiary/aromatic N) is 5. The number of carbonyl (C=O) groups excluding carboxylic acids is 2. The number of pyridine rings is 1. The fraction of sp³-hybridized carbons (Fsp3) is 0.250. The van der Waals surface area contributed by atoms with Gasteiger partial charge in [0, 0.05) is 36.3 Å². The van der Waals surface area contributed by atoms with Gasteiger partial charge in [0.15, 0.2) is 5.69 Å². The van der Waals surface area contributed by atoms with Crippen molar-refractivity contribution in [3.05, 3.63) is 90.3 Å². The third-order valence-electron chi connectivity index (χ3n) is 6.69. The molecule has 200 valence electrons. The van der Waals surface area contributed by atoms with Crippen LogP contribution < -0.4 is 5.32 Å². The summed E-state index contributed by atoms with van der Waals surface area (Å²) in [6.07, 6.45) is 2.69. The number of nitrogens with one attached hydrogen (secondary N) is 1. The van der Waals surface area contributed by atoms with Crippen LogP contribution in [0.3, 0.4) is 0 Å². The summed E-state index contributed by atoms with van der Waals surface area (Å²) in [6.45, 7) is 5.89. The van der Waals surface area contributed by atoms with E-state index in [9.17, 15) is 22.8 Å². The van der Waals surface area contributed by atoms with E-state index in [0.717, 1.165) is 24.6 Å². The van der Waals surface area contributed by atoms with Crippen LogP contribution in [0.5, 0.6) is 0 Å². The normalized spacial score (nSPS) is 15.8. The van der Waals surface area contributed by atoms with Crippen molar-refractivity contribution in [2.24, 2.45) is 0 Å². The summed E-state index contributed by atoms with van der Waals surface area (Å²) in [5.74, 6) is -0.00834. The van der Waals surface area contributed by atoms with Gasteiger partial charge in [-0.3, -0.25) is 14.0 Å². The number of fused-ring (bicyclic) bond motifs is 1. The summed E-state index contributed by atoms with van der Waals surface area (Å²) < 4.78 is 43.6. The third kappa shape index (κ3) is 5.12. The summed E-state index contributed by atoms with van der Waals surface area (Å²) in [4.78, 5) is 39.3. The van der Waals surface area contributed by atoms with Crippen molar-refractivity contribution < 1.29 is 22.8 Å². The van der Waals surface area contributed by atoms with Crippen LogP contribution >= 0.6 is 0 Å². The van der Waals surface area contributed by atoms with E-state index in [4.69, 9.17) is 0 Å². The summed E-state index contributed by atoms with van der Waals surface area (Å²) in [7, 11) is 0. The highest BCUT2D eigenvalue weighted by atomic mass is 19.4.